The standard InChI is InChI=1S/C21H24N6O8S/c1-10-4-5-11(12(28)6-10)19(29)26-36(30,31)32-7-13-15-16(35-21(2,3)34-15)20(33-13)27-9-25-14-17(22)23-8-24-18(14)27/h4-6,8-9,13,15-16,20,28H,7H2,1-3H3,(H,26,29)(H2,22,23,24)/t13-,15-,16-,20-/m1/s1. The number of nitrogens with two attached hydrogens (primary N) is 1. The van der Waals surface area contributed by atoms with Gasteiger partial charge in [-0.15, -0.1) is 0 Å². The fourth-order valence-electron chi connectivity index (χ4n) is 4.26. The van der Waals surface area contributed by atoms with Crippen LogP contribution in [-0.4, -0.2) is 69.7 Å². The second kappa shape index (κ2) is 8.63. The fraction of sp³-hybridized carbons (Fsp3) is 0.429. The maximum absolute atomic E-state index is 12.5. The predicted octanol–water partition coefficient (Wildman–Crippen LogP) is 0.531. The average Bonchev–Trinajstić information content (AvgIpc) is 3.43. The largest absolute Gasteiger partial charge is 0.507 e. The summed E-state index contributed by atoms with van der Waals surface area (Å²) >= 11 is 0. The maximum atomic E-state index is 12.5. The van der Waals surface area contributed by atoms with Crippen molar-refractivity contribution in [1.29, 1.82) is 0 Å². The zero-order valence-corrected chi connectivity index (χ0v) is 20.3. The topological polar surface area (TPSA) is 190 Å². The number of rotatable bonds is 6. The van der Waals surface area contributed by atoms with Gasteiger partial charge in [0.15, 0.2) is 23.5 Å². The van der Waals surface area contributed by atoms with Crippen LogP contribution in [0.5, 0.6) is 5.75 Å². The zero-order chi connectivity index (χ0) is 25.8. The average molecular weight is 521 g/mol. The normalized spacial score (nSPS) is 25.2. The summed E-state index contributed by atoms with van der Waals surface area (Å²) < 4.78 is 51.4. The highest BCUT2D eigenvalue weighted by Crippen LogP contribution is 2.44. The van der Waals surface area contributed by atoms with Crippen molar-refractivity contribution in [3.05, 3.63) is 42.0 Å². The van der Waals surface area contributed by atoms with Gasteiger partial charge in [-0.05, 0) is 38.5 Å². The number of nitrogens with one attached hydrogen (secondary N) is 1. The van der Waals surface area contributed by atoms with Crippen LogP contribution in [0, 0.1) is 6.92 Å². The van der Waals surface area contributed by atoms with Crippen LogP contribution in [-0.2, 0) is 28.7 Å². The molecule has 1 amide bonds. The minimum atomic E-state index is -4.56. The first-order chi connectivity index (χ1) is 16.9. The Labute approximate surface area is 205 Å². The Kier molecular flexibility index (Phi) is 5.83. The first-order valence-corrected chi connectivity index (χ1v) is 12.3. The molecule has 1 aromatic carbocycles. The number of imidazole rings is 1. The number of hydrogen-bond donors (Lipinski definition) is 3. The van der Waals surface area contributed by atoms with Gasteiger partial charge in [-0.1, -0.05) is 6.07 Å². The van der Waals surface area contributed by atoms with Crippen LogP contribution in [0.3, 0.4) is 0 Å². The molecule has 0 aliphatic carbocycles. The molecule has 4 atom stereocenters. The van der Waals surface area contributed by atoms with Crippen molar-refractivity contribution in [2.24, 2.45) is 0 Å². The van der Waals surface area contributed by atoms with Crippen molar-refractivity contribution >= 4 is 33.2 Å². The first-order valence-electron chi connectivity index (χ1n) is 10.9. The monoisotopic (exact) mass is 520 g/mol. The number of phenolic OH excluding ortho intramolecular Hbond substituents is 1. The summed E-state index contributed by atoms with van der Waals surface area (Å²) in [4.78, 5) is 24.8. The molecule has 2 saturated heterocycles. The summed E-state index contributed by atoms with van der Waals surface area (Å²) in [6, 6.07) is 4.21. The number of aryl methyl sites for hydroxylation is 1. The summed E-state index contributed by atoms with van der Waals surface area (Å²) in [5.41, 5.74) is 7.14. The maximum Gasteiger partial charge on any atom is 0.362 e. The molecule has 14 nitrogen and oxygen atoms in total. The molecule has 0 unspecified atom stereocenters. The first kappa shape index (κ1) is 24.3. The Bertz CT molecular complexity index is 1440. The van der Waals surface area contributed by atoms with Crippen molar-refractivity contribution in [1.82, 2.24) is 24.2 Å². The number of ether oxygens (including phenoxy) is 3. The smallest absolute Gasteiger partial charge is 0.362 e. The number of aromatic nitrogens is 4. The number of carbonyl (C=O) groups excluding carboxylic acids is 1. The lowest BCUT2D eigenvalue weighted by atomic mass is 10.1. The lowest BCUT2D eigenvalue weighted by Gasteiger charge is -2.24. The van der Waals surface area contributed by atoms with Gasteiger partial charge in [0.25, 0.3) is 5.91 Å². The van der Waals surface area contributed by atoms with Gasteiger partial charge in [0.2, 0.25) is 0 Å². The van der Waals surface area contributed by atoms with Crippen molar-refractivity contribution in [3.63, 3.8) is 0 Å². The molecule has 2 aliphatic heterocycles. The Morgan fingerprint density at radius 3 is 2.75 bits per heavy atom. The number of carbonyl (C=O) groups is 1. The minimum absolute atomic E-state index is 0.193. The third-order valence-corrected chi connectivity index (χ3v) is 6.67. The molecule has 5 rings (SSSR count). The molecule has 0 radical (unpaired) electrons. The molecule has 36 heavy (non-hydrogen) atoms. The minimum Gasteiger partial charge on any atom is -0.507 e. The SMILES string of the molecule is Cc1ccc(C(=O)NS(=O)(=O)OC[C@H]2O[C@@H](n3cnc4c(N)ncnc43)[C@@H]3OC(C)(C)O[C@@H]32)c(O)c1. The van der Waals surface area contributed by atoms with Gasteiger partial charge in [0.05, 0.1) is 18.5 Å². The molecule has 0 spiro atoms. The van der Waals surface area contributed by atoms with Crippen molar-refractivity contribution in [3.8, 4) is 5.75 Å². The number of anilines is 1. The van der Waals surface area contributed by atoms with E-state index in [9.17, 15) is 18.3 Å². The van der Waals surface area contributed by atoms with Gasteiger partial charge in [-0.25, -0.2) is 19.7 Å². The van der Waals surface area contributed by atoms with Gasteiger partial charge in [0.1, 0.15) is 35.9 Å². The Hall–Kier alpha value is -3.37. The quantitative estimate of drug-likeness (QED) is 0.409. The summed E-state index contributed by atoms with van der Waals surface area (Å²) in [7, 11) is -4.56. The predicted molar refractivity (Wildman–Crippen MR) is 123 cm³/mol. The van der Waals surface area contributed by atoms with Crippen molar-refractivity contribution < 1.29 is 36.7 Å². The van der Waals surface area contributed by atoms with Crippen molar-refractivity contribution in [2.75, 3.05) is 12.3 Å². The van der Waals surface area contributed by atoms with Gasteiger partial charge >= 0.3 is 10.3 Å². The number of nitrogens with zero attached hydrogens (tertiary/aromatic N) is 4. The van der Waals surface area contributed by atoms with Crippen LogP contribution in [0.1, 0.15) is 36.0 Å². The van der Waals surface area contributed by atoms with Gasteiger partial charge < -0.3 is 25.1 Å². The fourth-order valence-corrected chi connectivity index (χ4v) is 4.97. The van der Waals surface area contributed by atoms with E-state index in [4.69, 9.17) is 24.1 Å². The zero-order valence-electron chi connectivity index (χ0n) is 19.5. The van der Waals surface area contributed by atoms with E-state index in [-0.39, 0.29) is 17.1 Å². The summed E-state index contributed by atoms with van der Waals surface area (Å²) in [6.45, 7) is 4.67. The molecule has 2 fully saturated rings. The lowest BCUT2D eigenvalue weighted by Crippen LogP contribution is -2.37. The molecule has 2 aromatic heterocycles. The van der Waals surface area contributed by atoms with Crippen LogP contribution in [0.15, 0.2) is 30.9 Å². The van der Waals surface area contributed by atoms with Crippen LogP contribution < -0.4 is 10.5 Å². The van der Waals surface area contributed by atoms with E-state index >= 15 is 0 Å². The van der Waals surface area contributed by atoms with Crippen LogP contribution >= 0.6 is 0 Å². The van der Waals surface area contributed by atoms with Gasteiger partial charge in [-0.2, -0.15) is 8.42 Å². The summed E-state index contributed by atoms with van der Waals surface area (Å²) in [5.74, 6) is -2.18. The van der Waals surface area contributed by atoms with E-state index in [1.807, 2.05) is 0 Å². The number of hydrogen-bond acceptors (Lipinski definition) is 12. The van der Waals surface area contributed by atoms with Gasteiger partial charge in [-0.3, -0.25) is 13.5 Å². The van der Waals surface area contributed by atoms with Crippen LogP contribution in [0.25, 0.3) is 11.2 Å². The Morgan fingerprint density at radius 2 is 2.00 bits per heavy atom. The molecule has 3 aromatic rings. The van der Waals surface area contributed by atoms with E-state index in [2.05, 4.69) is 15.0 Å². The van der Waals surface area contributed by atoms with E-state index < -0.39 is 53.1 Å². The molecule has 0 saturated carbocycles. The molecular weight excluding hydrogens is 496 g/mol. The summed E-state index contributed by atoms with van der Waals surface area (Å²) in [6.07, 6.45) is -0.262. The highest BCUT2D eigenvalue weighted by Gasteiger charge is 2.56. The molecule has 0 bridgehead atoms. The number of nitrogen functional groups attached to an aromatic ring is 1. The highest BCUT2D eigenvalue weighted by molar-refractivity contribution is 7.85. The molecule has 192 valence electrons. The Morgan fingerprint density at radius 1 is 1.25 bits per heavy atom. The molecule has 2 aliphatic rings. The molecular formula is C21H24N6O8S. The second-order valence-corrected chi connectivity index (χ2v) is 10.3. The number of benzene rings is 1. The Balaban J connectivity index is 1.33. The number of fused-ring (bicyclic) bond motifs is 2. The van der Waals surface area contributed by atoms with Crippen molar-refractivity contribution in [2.45, 2.75) is 51.1 Å². The third-order valence-electron chi connectivity index (χ3n) is 5.79. The highest BCUT2D eigenvalue weighted by atomic mass is 32.2. The molecule has 15 heteroatoms. The number of amides is 1. The molecule has 4 heterocycles. The third kappa shape index (κ3) is 4.46. The summed E-state index contributed by atoms with van der Waals surface area (Å²) in [5, 5.41) is 9.95. The van der Waals surface area contributed by atoms with Crippen LogP contribution in [0.2, 0.25) is 0 Å². The van der Waals surface area contributed by atoms with E-state index in [1.165, 1.54) is 24.8 Å². The van der Waals surface area contributed by atoms with Gasteiger partial charge in [0, 0.05) is 0 Å². The van der Waals surface area contributed by atoms with E-state index in [1.54, 1.807) is 36.1 Å². The van der Waals surface area contributed by atoms with E-state index in [0.29, 0.717) is 16.7 Å². The lowest BCUT2D eigenvalue weighted by molar-refractivity contribution is -0.198. The second-order valence-electron chi connectivity index (χ2n) is 8.90. The van der Waals surface area contributed by atoms with Crippen LogP contribution in [0.4, 0.5) is 5.82 Å². The molecule has 4 N–H and O–H groups in total. The number of phenols is 1. The van der Waals surface area contributed by atoms with E-state index in [0.717, 1.165) is 0 Å². The number of aromatic hydroxyl groups is 1.